The normalized spacial score (nSPS) is 37.2. The molecule has 16 heavy (non-hydrogen) atoms. The van der Waals surface area contributed by atoms with Crippen molar-refractivity contribution in [1.29, 1.82) is 0 Å². The fraction of sp³-hybridized carbons (Fsp3) is 0.929. The highest BCUT2D eigenvalue weighted by Crippen LogP contribution is 2.38. The molecule has 0 aromatic carbocycles. The van der Waals surface area contributed by atoms with Crippen molar-refractivity contribution in [3.8, 4) is 0 Å². The van der Waals surface area contributed by atoms with Crippen LogP contribution in [0.1, 0.15) is 52.9 Å². The predicted octanol–water partition coefficient (Wildman–Crippen LogP) is 2.87. The van der Waals surface area contributed by atoms with Crippen molar-refractivity contribution in [2.45, 2.75) is 58.4 Å². The Bertz CT molecular complexity index is 268. The number of carbonyl (C=O) groups excluding carboxylic acids is 1. The van der Waals surface area contributed by atoms with E-state index in [4.69, 9.17) is 0 Å². The number of nitrogens with zero attached hydrogens (tertiary/aromatic N) is 1. The van der Waals surface area contributed by atoms with Crippen LogP contribution >= 0.6 is 0 Å². The van der Waals surface area contributed by atoms with E-state index in [1.54, 1.807) is 0 Å². The minimum absolute atomic E-state index is 0.123. The van der Waals surface area contributed by atoms with Crippen LogP contribution in [0.5, 0.6) is 0 Å². The van der Waals surface area contributed by atoms with Gasteiger partial charge in [0.05, 0.1) is 5.54 Å². The van der Waals surface area contributed by atoms with Gasteiger partial charge in [0.1, 0.15) is 0 Å². The Balaban J connectivity index is 2.04. The van der Waals surface area contributed by atoms with Crippen LogP contribution in [0.3, 0.4) is 0 Å². The highest BCUT2D eigenvalue weighted by Gasteiger charge is 2.44. The summed E-state index contributed by atoms with van der Waals surface area (Å²) in [5.74, 6) is 1.79. The molecule has 0 radical (unpaired) electrons. The first-order valence-corrected chi connectivity index (χ1v) is 6.82. The Labute approximate surface area is 99.4 Å². The molecule has 2 aliphatic rings. The summed E-state index contributed by atoms with van der Waals surface area (Å²) in [6.45, 7) is 8.94. The highest BCUT2D eigenvalue weighted by atomic mass is 16.1. The van der Waals surface area contributed by atoms with Crippen molar-refractivity contribution in [1.82, 2.24) is 4.90 Å². The summed E-state index contributed by atoms with van der Waals surface area (Å²) in [7, 11) is 0. The summed E-state index contributed by atoms with van der Waals surface area (Å²) < 4.78 is 0. The number of rotatable bonds is 2. The quantitative estimate of drug-likeness (QED) is 0.717. The lowest BCUT2D eigenvalue weighted by Crippen LogP contribution is -2.54. The third-order valence-corrected chi connectivity index (χ3v) is 4.80. The van der Waals surface area contributed by atoms with E-state index in [9.17, 15) is 4.79 Å². The van der Waals surface area contributed by atoms with Crippen LogP contribution in [-0.4, -0.2) is 29.3 Å². The average Bonchev–Trinajstić information content (AvgIpc) is 2.75. The molecule has 0 N–H and O–H groups in total. The Morgan fingerprint density at radius 2 is 1.94 bits per heavy atom. The minimum atomic E-state index is -0.123. The molecule has 2 nitrogen and oxygen atoms in total. The zero-order valence-electron chi connectivity index (χ0n) is 11.0. The molecular formula is C14H25NO. The van der Waals surface area contributed by atoms with E-state index in [1.165, 1.54) is 19.3 Å². The molecule has 0 aromatic heterocycles. The molecule has 0 bridgehead atoms. The van der Waals surface area contributed by atoms with Gasteiger partial charge in [0.25, 0.3) is 0 Å². The molecule has 1 saturated heterocycles. The molecule has 1 aliphatic carbocycles. The zero-order valence-corrected chi connectivity index (χ0v) is 11.0. The molecule has 0 spiro atoms. The number of hydrogen-bond donors (Lipinski definition) is 0. The molecule has 2 atom stereocenters. The minimum Gasteiger partial charge on any atom is -0.298 e. The Morgan fingerprint density at radius 3 is 2.44 bits per heavy atom. The van der Waals surface area contributed by atoms with Crippen LogP contribution in [0, 0.1) is 11.8 Å². The van der Waals surface area contributed by atoms with Crippen molar-refractivity contribution in [2.75, 3.05) is 13.1 Å². The lowest BCUT2D eigenvalue weighted by atomic mass is 9.72. The lowest BCUT2D eigenvalue weighted by Gasteiger charge is -2.43. The third kappa shape index (κ3) is 2.04. The zero-order chi connectivity index (χ0) is 11.8. The molecule has 0 aromatic rings. The molecule has 2 fully saturated rings. The van der Waals surface area contributed by atoms with Gasteiger partial charge in [0.15, 0.2) is 5.78 Å². The Morgan fingerprint density at radius 1 is 1.31 bits per heavy atom. The van der Waals surface area contributed by atoms with Gasteiger partial charge in [0, 0.05) is 6.42 Å². The fourth-order valence-corrected chi connectivity index (χ4v) is 3.28. The van der Waals surface area contributed by atoms with Gasteiger partial charge in [0.2, 0.25) is 0 Å². The number of likely N-dealkylation sites (tertiary alicyclic amines) is 1. The van der Waals surface area contributed by atoms with E-state index in [-0.39, 0.29) is 5.54 Å². The number of Topliss-reactive ketones (excluding diaryl/α,β-unsaturated/α-hetero) is 1. The second-order valence-electron chi connectivity index (χ2n) is 6.14. The maximum Gasteiger partial charge on any atom is 0.153 e. The van der Waals surface area contributed by atoms with Crippen LogP contribution in [0.4, 0.5) is 0 Å². The SMILES string of the molecule is CC(C)C1CCC(C)(N2CCCC2)C(=O)C1. The van der Waals surface area contributed by atoms with Crippen LogP contribution in [0.2, 0.25) is 0 Å². The van der Waals surface area contributed by atoms with E-state index >= 15 is 0 Å². The molecule has 92 valence electrons. The average molecular weight is 223 g/mol. The summed E-state index contributed by atoms with van der Waals surface area (Å²) in [4.78, 5) is 14.8. The molecule has 1 saturated carbocycles. The summed E-state index contributed by atoms with van der Waals surface area (Å²) in [6, 6.07) is 0. The number of carbonyl (C=O) groups is 1. The van der Waals surface area contributed by atoms with Crippen molar-refractivity contribution < 1.29 is 4.79 Å². The van der Waals surface area contributed by atoms with E-state index in [0.717, 1.165) is 25.9 Å². The Kier molecular flexibility index (Phi) is 3.39. The van der Waals surface area contributed by atoms with E-state index in [0.29, 0.717) is 17.6 Å². The first-order valence-electron chi connectivity index (χ1n) is 6.82. The second-order valence-corrected chi connectivity index (χ2v) is 6.14. The number of hydrogen-bond acceptors (Lipinski definition) is 2. The third-order valence-electron chi connectivity index (χ3n) is 4.80. The van der Waals surface area contributed by atoms with E-state index < -0.39 is 0 Å². The van der Waals surface area contributed by atoms with E-state index in [1.807, 2.05) is 0 Å². The summed E-state index contributed by atoms with van der Waals surface area (Å²) >= 11 is 0. The van der Waals surface area contributed by atoms with E-state index in [2.05, 4.69) is 25.7 Å². The predicted molar refractivity (Wildman–Crippen MR) is 66.4 cm³/mol. The monoisotopic (exact) mass is 223 g/mol. The van der Waals surface area contributed by atoms with Crippen molar-refractivity contribution >= 4 is 5.78 Å². The topological polar surface area (TPSA) is 20.3 Å². The molecular weight excluding hydrogens is 198 g/mol. The Hall–Kier alpha value is -0.370. The van der Waals surface area contributed by atoms with Gasteiger partial charge in [-0.3, -0.25) is 9.69 Å². The van der Waals surface area contributed by atoms with Gasteiger partial charge in [-0.15, -0.1) is 0 Å². The molecule has 2 rings (SSSR count). The van der Waals surface area contributed by atoms with Crippen molar-refractivity contribution in [3.63, 3.8) is 0 Å². The largest absolute Gasteiger partial charge is 0.298 e. The maximum absolute atomic E-state index is 12.4. The molecule has 0 amide bonds. The van der Waals surface area contributed by atoms with Crippen molar-refractivity contribution in [2.24, 2.45) is 11.8 Å². The van der Waals surface area contributed by atoms with Gasteiger partial charge >= 0.3 is 0 Å². The highest BCUT2D eigenvalue weighted by molar-refractivity contribution is 5.89. The van der Waals surface area contributed by atoms with Crippen LogP contribution in [0.15, 0.2) is 0 Å². The number of ketones is 1. The van der Waals surface area contributed by atoms with Crippen LogP contribution < -0.4 is 0 Å². The summed E-state index contributed by atoms with van der Waals surface area (Å²) in [5.41, 5.74) is -0.123. The van der Waals surface area contributed by atoms with Gasteiger partial charge in [-0.1, -0.05) is 13.8 Å². The summed E-state index contributed by atoms with van der Waals surface area (Å²) in [6.07, 6.45) is 5.67. The van der Waals surface area contributed by atoms with Crippen molar-refractivity contribution in [3.05, 3.63) is 0 Å². The lowest BCUT2D eigenvalue weighted by molar-refractivity contribution is -0.134. The molecule has 1 aliphatic heterocycles. The van der Waals surface area contributed by atoms with Gasteiger partial charge in [-0.05, 0) is 57.5 Å². The second kappa shape index (κ2) is 4.48. The molecule has 2 unspecified atom stereocenters. The first-order chi connectivity index (χ1) is 7.54. The van der Waals surface area contributed by atoms with Crippen LogP contribution in [0.25, 0.3) is 0 Å². The fourth-order valence-electron chi connectivity index (χ4n) is 3.28. The van der Waals surface area contributed by atoms with Gasteiger partial charge in [-0.25, -0.2) is 0 Å². The smallest absolute Gasteiger partial charge is 0.153 e. The molecule has 2 heteroatoms. The van der Waals surface area contributed by atoms with Gasteiger partial charge < -0.3 is 0 Å². The molecule has 1 heterocycles. The van der Waals surface area contributed by atoms with Crippen LogP contribution in [-0.2, 0) is 4.79 Å². The summed E-state index contributed by atoms with van der Waals surface area (Å²) in [5, 5.41) is 0. The standard InChI is InChI=1S/C14H25NO/c1-11(2)12-6-7-14(3,13(16)10-12)15-8-4-5-9-15/h11-12H,4-10H2,1-3H3. The first kappa shape index (κ1) is 12.1. The maximum atomic E-state index is 12.4. The van der Waals surface area contributed by atoms with Gasteiger partial charge in [-0.2, -0.15) is 0 Å².